The molecule has 0 saturated carbocycles. The van der Waals surface area contributed by atoms with Gasteiger partial charge in [-0.25, -0.2) is 0 Å². The predicted octanol–water partition coefficient (Wildman–Crippen LogP) is 3.85. The Morgan fingerprint density at radius 1 is 1.44 bits per heavy atom. The molecule has 0 heterocycles. The number of carbonyl (C=O) groups excluding carboxylic acids is 1. The molecule has 1 aromatic rings. The van der Waals surface area contributed by atoms with Crippen molar-refractivity contribution >= 4 is 29.0 Å². The van der Waals surface area contributed by atoms with Crippen molar-refractivity contribution in [3.05, 3.63) is 27.2 Å². The van der Waals surface area contributed by atoms with Crippen LogP contribution in [0.25, 0.3) is 0 Å². The third kappa shape index (κ3) is 1.70. The molecule has 0 saturated heterocycles. The molecule has 0 aromatic heterocycles. The zero-order chi connectivity index (χ0) is 11.9. The van der Waals surface area contributed by atoms with Gasteiger partial charge >= 0.3 is 0 Å². The molecule has 4 heteroatoms. The van der Waals surface area contributed by atoms with E-state index in [4.69, 9.17) is 23.2 Å². The van der Waals surface area contributed by atoms with Gasteiger partial charge in [0.25, 0.3) is 0 Å². The Labute approximate surface area is 104 Å². The molecule has 1 aromatic carbocycles. The van der Waals surface area contributed by atoms with Gasteiger partial charge in [0, 0.05) is 11.5 Å². The normalized spacial score (nSPS) is 18.9. The SMILES string of the molecule is CCC[C@H]1Cc2cc(O)c(Cl)c(Cl)c2C1=O. The maximum absolute atomic E-state index is 12.0. The molecule has 0 amide bonds. The van der Waals surface area contributed by atoms with Gasteiger partial charge in [-0.2, -0.15) is 0 Å². The van der Waals surface area contributed by atoms with E-state index in [9.17, 15) is 9.90 Å². The van der Waals surface area contributed by atoms with Crippen LogP contribution in [0.5, 0.6) is 5.75 Å². The highest BCUT2D eigenvalue weighted by Gasteiger charge is 2.33. The summed E-state index contributed by atoms with van der Waals surface area (Å²) in [5.41, 5.74) is 1.32. The highest BCUT2D eigenvalue weighted by atomic mass is 35.5. The van der Waals surface area contributed by atoms with Crippen LogP contribution in [-0.2, 0) is 6.42 Å². The molecule has 0 fully saturated rings. The second-order valence-electron chi connectivity index (χ2n) is 4.11. The average molecular weight is 259 g/mol. The smallest absolute Gasteiger partial charge is 0.168 e. The number of benzene rings is 1. The second kappa shape index (κ2) is 4.27. The van der Waals surface area contributed by atoms with Crippen LogP contribution in [0.4, 0.5) is 0 Å². The van der Waals surface area contributed by atoms with Crippen molar-refractivity contribution in [2.75, 3.05) is 0 Å². The van der Waals surface area contributed by atoms with E-state index in [-0.39, 0.29) is 27.5 Å². The van der Waals surface area contributed by atoms with Crippen LogP contribution in [0, 0.1) is 5.92 Å². The summed E-state index contributed by atoms with van der Waals surface area (Å²) in [7, 11) is 0. The fraction of sp³-hybridized carbons (Fsp3) is 0.417. The van der Waals surface area contributed by atoms with E-state index in [1.165, 1.54) is 0 Å². The lowest BCUT2D eigenvalue weighted by molar-refractivity contribution is 0.0930. The molecule has 0 radical (unpaired) electrons. The maximum atomic E-state index is 12.0. The molecule has 0 bridgehead atoms. The summed E-state index contributed by atoms with van der Waals surface area (Å²) >= 11 is 11.8. The van der Waals surface area contributed by atoms with Crippen molar-refractivity contribution in [1.82, 2.24) is 0 Å². The van der Waals surface area contributed by atoms with Crippen molar-refractivity contribution < 1.29 is 9.90 Å². The predicted molar refractivity (Wildman–Crippen MR) is 64.6 cm³/mol. The van der Waals surface area contributed by atoms with Gasteiger partial charge in [-0.1, -0.05) is 36.5 Å². The minimum Gasteiger partial charge on any atom is -0.506 e. The summed E-state index contributed by atoms with van der Waals surface area (Å²) in [6.07, 6.45) is 2.47. The molecule has 0 unspecified atom stereocenters. The monoisotopic (exact) mass is 258 g/mol. The van der Waals surface area contributed by atoms with Gasteiger partial charge in [0.1, 0.15) is 10.8 Å². The van der Waals surface area contributed by atoms with Gasteiger partial charge < -0.3 is 5.11 Å². The molecule has 0 aliphatic heterocycles. The van der Waals surface area contributed by atoms with Gasteiger partial charge in [-0.05, 0) is 24.5 Å². The first-order valence-electron chi connectivity index (χ1n) is 5.30. The first kappa shape index (κ1) is 11.7. The third-order valence-electron chi connectivity index (χ3n) is 2.99. The van der Waals surface area contributed by atoms with Crippen molar-refractivity contribution in [2.24, 2.45) is 5.92 Å². The summed E-state index contributed by atoms with van der Waals surface area (Å²) in [4.78, 5) is 12.0. The average Bonchev–Trinajstić information content (AvgIpc) is 2.53. The van der Waals surface area contributed by atoms with Crippen molar-refractivity contribution in [2.45, 2.75) is 26.2 Å². The molecule has 1 atom stereocenters. The van der Waals surface area contributed by atoms with Crippen LogP contribution in [-0.4, -0.2) is 10.9 Å². The van der Waals surface area contributed by atoms with Crippen molar-refractivity contribution in [1.29, 1.82) is 0 Å². The summed E-state index contributed by atoms with van der Waals surface area (Å²) in [6.45, 7) is 2.04. The number of hydrogen-bond donors (Lipinski definition) is 1. The topological polar surface area (TPSA) is 37.3 Å². The number of carbonyl (C=O) groups is 1. The summed E-state index contributed by atoms with van der Waals surface area (Å²) in [5, 5.41) is 9.81. The van der Waals surface area contributed by atoms with E-state index in [0.29, 0.717) is 12.0 Å². The summed E-state index contributed by atoms with van der Waals surface area (Å²) < 4.78 is 0. The van der Waals surface area contributed by atoms with Crippen LogP contribution < -0.4 is 0 Å². The second-order valence-corrected chi connectivity index (χ2v) is 4.87. The lowest BCUT2D eigenvalue weighted by Crippen LogP contribution is -2.08. The Bertz CT molecular complexity index is 455. The van der Waals surface area contributed by atoms with E-state index < -0.39 is 0 Å². The summed E-state index contributed by atoms with van der Waals surface area (Å²) in [5.74, 6) is 0.00878. The molecule has 1 N–H and O–H groups in total. The summed E-state index contributed by atoms with van der Waals surface area (Å²) in [6, 6.07) is 1.55. The number of halogens is 2. The van der Waals surface area contributed by atoms with E-state index in [1.807, 2.05) is 6.92 Å². The molecule has 1 aliphatic carbocycles. The Kier molecular flexibility index (Phi) is 3.13. The molecular weight excluding hydrogens is 247 g/mol. The number of ketones is 1. The van der Waals surface area contributed by atoms with Crippen LogP contribution in [0.1, 0.15) is 35.7 Å². The fourth-order valence-corrected chi connectivity index (χ4v) is 2.70. The highest BCUT2D eigenvalue weighted by molar-refractivity contribution is 6.45. The quantitative estimate of drug-likeness (QED) is 0.875. The van der Waals surface area contributed by atoms with Crippen molar-refractivity contribution in [3.63, 3.8) is 0 Å². The third-order valence-corrected chi connectivity index (χ3v) is 3.85. The molecule has 1 aliphatic rings. The number of Topliss-reactive ketones (excluding diaryl/α,β-unsaturated/α-hetero) is 1. The van der Waals surface area contributed by atoms with Crippen LogP contribution in [0.15, 0.2) is 6.07 Å². The maximum Gasteiger partial charge on any atom is 0.168 e. The van der Waals surface area contributed by atoms with Gasteiger partial charge in [-0.15, -0.1) is 0 Å². The number of phenolic OH excluding ortho intramolecular Hbond substituents is 1. The minimum atomic E-state index is -0.0460. The molecule has 86 valence electrons. The Hall–Kier alpha value is -0.730. The lowest BCUT2D eigenvalue weighted by Gasteiger charge is -2.05. The molecule has 0 spiro atoms. The Morgan fingerprint density at radius 2 is 2.12 bits per heavy atom. The van der Waals surface area contributed by atoms with E-state index in [1.54, 1.807) is 6.07 Å². The van der Waals surface area contributed by atoms with Gasteiger partial charge in [0.15, 0.2) is 5.78 Å². The largest absolute Gasteiger partial charge is 0.506 e. The number of aromatic hydroxyl groups is 1. The van der Waals surface area contributed by atoms with E-state index in [0.717, 1.165) is 18.4 Å². The molecular formula is C12H12Cl2O2. The van der Waals surface area contributed by atoms with E-state index in [2.05, 4.69) is 0 Å². The van der Waals surface area contributed by atoms with Crippen LogP contribution in [0.2, 0.25) is 10.0 Å². The lowest BCUT2D eigenvalue weighted by atomic mass is 10.00. The number of fused-ring (bicyclic) bond motifs is 1. The van der Waals surface area contributed by atoms with Crippen LogP contribution >= 0.6 is 23.2 Å². The highest BCUT2D eigenvalue weighted by Crippen LogP contribution is 2.42. The zero-order valence-corrected chi connectivity index (χ0v) is 10.4. The first-order chi connectivity index (χ1) is 7.56. The number of hydrogen-bond acceptors (Lipinski definition) is 2. The first-order valence-corrected chi connectivity index (χ1v) is 6.05. The molecule has 2 nitrogen and oxygen atoms in total. The fourth-order valence-electron chi connectivity index (χ4n) is 2.24. The van der Waals surface area contributed by atoms with Crippen molar-refractivity contribution in [3.8, 4) is 5.75 Å². The van der Waals surface area contributed by atoms with Gasteiger partial charge in [0.05, 0.1) is 5.02 Å². The Balaban J connectivity index is 2.48. The van der Waals surface area contributed by atoms with Crippen LogP contribution in [0.3, 0.4) is 0 Å². The minimum absolute atomic E-state index is 0.00429. The zero-order valence-electron chi connectivity index (χ0n) is 8.89. The molecule has 16 heavy (non-hydrogen) atoms. The number of rotatable bonds is 2. The standard InChI is InChI=1S/C12H12Cl2O2/c1-2-3-6-4-7-5-8(15)10(13)11(14)9(7)12(6)16/h5-6,15H,2-4H2,1H3/t6-/m0/s1. The Morgan fingerprint density at radius 3 is 2.75 bits per heavy atom. The van der Waals surface area contributed by atoms with Gasteiger partial charge in [0.2, 0.25) is 0 Å². The van der Waals surface area contributed by atoms with E-state index >= 15 is 0 Å². The number of phenols is 1. The van der Waals surface area contributed by atoms with Gasteiger partial charge in [-0.3, -0.25) is 4.79 Å². The molecule has 2 rings (SSSR count).